The Morgan fingerprint density at radius 3 is 2.42 bits per heavy atom. The summed E-state index contributed by atoms with van der Waals surface area (Å²) < 4.78 is 1.75. The molecule has 5 nitrogen and oxygen atoms in total. The van der Waals surface area contributed by atoms with Crippen LogP contribution < -0.4 is 5.32 Å². The van der Waals surface area contributed by atoms with Crippen molar-refractivity contribution >= 4 is 40.6 Å². The number of benzene rings is 2. The number of aromatic nitrogens is 2. The van der Waals surface area contributed by atoms with Gasteiger partial charge in [0.2, 0.25) is 0 Å². The SMILES string of the molecule is O=C1NC(=O)/C(=C\c2cn(-c3ccccc3)nc2-c2ccc(Cl)cc2)S1. The van der Waals surface area contributed by atoms with Gasteiger partial charge in [-0.3, -0.25) is 14.9 Å². The van der Waals surface area contributed by atoms with Crippen molar-refractivity contribution in [1.82, 2.24) is 15.1 Å². The molecule has 2 heterocycles. The molecule has 0 radical (unpaired) electrons. The Kier molecular flexibility index (Phi) is 4.36. The number of thioether (sulfide) groups is 1. The lowest BCUT2D eigenvalue weighted by atomic mass is 10.1. The first-order valence-electron chi connectivity index (χ1n) is 7.76. The van der Waals surface area contributed by atoms with Crippen molar-refractivity contribution in [3.8, 4) is 16.9 Å². The van der Waals surface area contributed by atoms with E-state index in [0.717, 1.165) is 28.6 Å². The third-order valence-corrected chi connectivity index (χ3v) is 4.87. The van der Waals surface area contributed by atoms with Crippen LogP contribution in [0.5, 0.6) is 0 Å². The summed E-state index contributed by atoms with van der Waals surface area (Å²) in [6.45, 7) is 0. The summed E-state index contributed by atoms with van der Waals surface area (Å²) in [5.41, 5.74) is 3.20. The van der Waals surface area contributed by atoms with Gasteiger partial charge in [0.25, 0.3) is 11.1 Å². The van der Waals surface area contributed by atoms with Gasteiger partial charge in [-0.15, -0.1) is 0 Å². The summed E-state index contributed by atoms with van der Waals surface area (Å²) in [6, 6.07) is 17.0. The maximum Gasteiger partial charge on any atom is 0.290 e. The molecule has 2 aromatic carbocycles. The van der Waals surface area contributed by atoms with Gasteiger partial charge in [-0.2, -0.15) is 5.10 Å². The van der Waals surface area contributed by atoms with Gasteiger partial charge in [0.1, 0.15) is 0 Å². The molecule has 0 atom stereocenters. The zero-order valence-electron chi connectivity index (χ0n) is 13.3. The number of hydrogen-bond acceptors (Lipinski definition) is 4. The fraction of sp³-hybridized carbons (Fsp3) is 0. The highest BCUT2D eigenvalue weighted by Crippen LogP contribution is 2.31. The molecule has 1 aliphatic heterocycles. The van der Waals surface area contributed by atoms with E-state index in [1.165, 1.54) is 0 Å². The second-order valence-electron chi connectivity index (χ2n) is 5.57. The second kappa shape index (κ2) is 6.82. The van der Waals surface area contributed by atoms with E-state index in [1.54, 1.807) is 22.9 Å². The normalized spacial score (nSPS) is 15.5. The smallest absolute Gasteiger partial charge is 0.282 e. The number of halogens is 1. The fourth-order valence-electron chi connectivity index (χ4n) is 2.60. The van der Waals surface area contributed by atoms with Gasteiger partial charge in [0.15, 0.2) is 0 Å². The Hall–Kier alpha value is -2.83. The van der Waals surface area contributed by atoms with Gasteiger partial charge < -0.3 is 0 Å². The zero-order valence-corrected chi connectivity index (χ0v) is 14.9. The molecule has 0 unspecified atom stereocenters. The van der Waals surface area contributed by atoms with E-state index in [9.17, 15) is 9.59 Å². The Labute approximate surface area is 158 Å². The minimum absolute atomic E-state index is 0.345. The van der Waals surface area contributed by atoms with Crippen molar-refractivity contribution in [2.45, 2.75) is 0 Å². The molecule has 128 valence electrons. The molecule has 1 N–H and O–H groups in total. The molecule has 26 heavy (non-hydrogen) atoms. The van der Waals surface area contributed by atoms with Crippen molar-refractivity contribution in [3.63, 3.8) is 0 Å². The van der Waals surface area contributed by atoms with Crippen molar-refractivity contribution in [2.75, 3.05) is 0 Å². The molecule has 1 saturated heterocycles. The number of nitrogens with one attached hydrogen (secondary N) is 1. The van der Waals surface area contributed by atoms with Crippen LogP contribution in [0.3, 0.4) is 0 Å². The third kappa shape index (κ3) is 3.29. The summed E-state index contributed by atoms with van der Waals surface area (Å²) in [4.78, 5) is 23.7. The summed E-state index contributed by atoms with van der Waals surface area (Å²) in [6.07, 6.45) is 3.52. The molecule has 4 rings (SSSR count). The lowest BCUT2D eigenvalue weighted by Gasteiger charge is -2.01. The van der Waals surface area contributed by atoms with Crippen LogP contribution >= 0.6 is 23.4 Å². The van der Waals surface area contributed by atoms with Crippen molar-refractivity contribution in [2.24, 2.45) is 0 Å². The molecular formula is C19H12ClN3O2S. The molecule has 3 aromatic rings. The number of amides is 2. The van der Waals surface area contributed by atoms with E-state index in [1.807, 2.05) is 48.7 Å². The van der Waals surface area contributed by atoms with Gasteiger partial charge >= 0.3 is 0 Å². The number of nitrogens with zero attached hydrogens (tertiary/aromatic N) is 2. The third-order valence-electron chi connectivity index (χ3n) is 3.81. The highest BCUT2D eigenvalue weighted by Gasteiger charge is 2.26. The second-order valence-corrected chi connectivity index (χ2v) is 7.02. The molecule has 2 amide bonds. The fourth-order valence-corrected chi connectivity index (χ4v) is 3.40. The lowest BCUT2D eigenvalue weighted by molar-refractivity contribution is -0.115. The zero-order chi connectivity index (χ0) is 18.1. The average molecular weight is 382 g/mol. The molecule has 0 spiro atoms. The number of rotatable bonds is 3. The molecule has 7 heteroatoms. The van der Waals surface area contributed by atoms with Crippen LogP contribution in [0, 0.1) is 0 Å². The molecule has 0 aliphatic carbocycles. The number of carbonyl (C=O) groups excluding carboxylic acids is 2. The van der Waals surface area contributed by atoms with Crippen LogP contribution in [0.4, 0.5) is 4.79 Å². The monoisotopic (exact) mass is 381 g/mol. The lowest BCUT2D eigenvalue weighted by Crippen LogP contribution is -2.17. The van der Waals surface area contributed by atoms with Crippen LogP contribution in [0.15, 0.2) is 65.7 Å². The maximum absolute atomic E-state index is 11.9. The largest absolute Gasteiger partial charge is 0.290 e. The van der Waals surface area contributed by atoms with E-state index in [4.69, 9.17) is 11.6 Å². The maximum atomic E-state index is 11.9. The van der Waals surface area contributed by atoms with E-state index in [0.29, 0.717) is 15.6 Å². The molecule has 1 aliphatic rings. The van der Waals surface area contributed by atoms with E-state index in [2.05, 4.69) is 10.4 Å². The van der Waals surface area contributed by atoms with Crippen molar-refractivity contribution in [1.29, 1.82) is 0 Å². The van der Waals surface area contributed by atoms with Crippen LogP contribution in [0.25, 0.3) is 23.0 Å². The molecule has 1 aromatic heterocycles. The van der Waals surface area contributed by atoms with Crippen molar-refractivity contribution in [3.05, 3.63) is 76.3 Å². The first-order chi connectivity index (χ1) is 12.6. The highest BCUT2D eigenvalue weighted by molar-refractivity contribution is 8.18. The van der Waals surface area contributed by atoms with E-state index >= 15 is 0 Å². The van der Waals surface area contributed by atoms with Gasteiger partial charge in [-0.1, -0.05) is 41.9 Å². The number of carbonyl (C=O) groups is 2. The van der Waals surface area contributed by atoms with Gasteiger partial charge in [0.05, 0.1) is 16.3 Å². The minimum atomic E-state index is -0.394. The molecular weight excluding hydrogens is 370 g/mol. The van der Waals surface area contributed by atoms with Crippen LogP contribution in [-0.2, 0) is 4.79 Å². The van der Waals surface area contributed by atoms with Gasteiger partial charge in [-0.25, -0.2) is 4.68 Å². The van der Waals surface area contributed by atoms with E-state index in [-0.39, 0.29) is 5.24 Å². The van der Waals surface area contributed by atoms with Gasteiger partial charge in [0, 0.05) is 22.3 Å². The Bertz CT molecular complexity index is 1030. The number of imide groups is 1. The van der Waals surface area contributed by atoms with Gasteiger partial charge in [-0.05, 0) is 42.1 Å². The average Bonchev–Trinajstić information content (AvgIpc) is 3.20. The predicted molar refractivity (Wildman–Crippen MR) is 103 cm³/mol. The van der Waals surface area contributed by atoms with Crippen LogP contribution in [0.1, 0.15) is 5.56 Å². The standard InChI is InChI=1S/C19H12ClN3O2S/c20-14-8-6-12(7-9-14)17-13(10-16-18(24)21-19(25)26-16)11-23(22-17)15-4-2-1-3-5-15/h1-11H,(H,21,24,25)/b16-10+. The molecule has 1 fully saturated rings. The Morgan fingerprint density at radius 2 is 1.77 bits per heavy atom. The highest BCUT2D eigenvalue weighted by atomic mass is 35.5. The first kappa shape index (κ1) is 16.6. The van der Waals surface area contributed by atoms with E-state index < -0.39 is 5.91 Å². The molecule has 0 saturated carbocycles. The molecule has 0 bridgehead atoms. The summed E-state index contributed by atoms with van der Waals surface area (Å²) in [7, 11) is 0. The minimum Gasteiger partial charge on any atom is -0.282 e. The summed E-state index contributed by atoms with van der Waals surface area (Å²) >= 11 is 6.86. The Balaban J connectivity index is 1.84. The number of hydrogen-bond donors (Lipinski definition) is 1. The topological polar surface area (TPSA) is 64.0 Å². The van der Waals surface area contributed by atoms with Crippen molar-refractivity contribution < 1.29 is 9.59 Å². The summed E-state index contributed by atoms with van der Waals surface area (Å²) in [5.74, 6) is -0.394. The summed E-state index contributed by atoms with van der Waals surface area (Å²) in [5, 5.41) is 7.20. The first-order valence-corrected chi connectivity index (χ1v) is 8.95. The Morgan fingerprint density at radius 1 is 1.04 bits per heavy atom. The predicted octanol–water partition coefficient (Wildman–Crippen LogP) is 4.52. The van der Waals surface area contributed by atoms with Crippen LogP contribution in [-0.4, -0.2) is 20.9 Å². The quantitative estimate of drug-likeness (QED) is 0.677. The number of para-hydroxylation sites is 1. The van der Waals surface area contributed by atoms with Crippen LogP contribution in [0.2, 0.25) is 5.02 Å².